The van der Waals surface area contributed by atoms with Crippen molar-refractivity contribution in [3.8, 4) is 44.5 Å². The second kappa shape index (κ2) is 8.80. The van der Waals surface area contributed by atoms with Crippen LogP contribution in [-0.4, -0.2) is 4.98 Å². The van der Waals surface area contributed by atoms with E-state index in [4.69, 9.17) is 0 Å². The van der Waals surface area contributed by atoms with Gasteiger partial charge in [0, 0.05) is 12.4 Å². The van der Waals surface area contributed by atoms with Crippen molar-refractivity contribution in [2.45, 2.75) is 0 Å². The molecule has 5 aromatic carbocycles. The fraction of sp³-hybridized carbons (Fsp3) is 0. The van der Waals surface area contributed by atoms with Gasteiger partial charge in [0.2, 0.25) is 0 Å². The first-order valence-electron chi connectivity index (χ1n) is 11.5. The van der Waals surface area contributed by atoms with Crippen molar-refractivity contribution in [1.82, 2.24) is 4.98 Å². The lowest BCUT2D eigenvalue weighted by molar-refractivity contribution is 1.33. The zero-order valence-electron chi connectivity index (χ0n) is 18.7. The van der Waals surface area contributed by atoms with Gasteiger partial charge in [0.25, 0.3) is 0 Å². The Hall–Kier alpha value is -4.49. The zero-order chi connectivity index (χ0) is 22.7. The van der Waals surface area contributed by atoms with E-state index in [1.54, 1.807) is 6.20 Å². The van der Waals surface area contributed by atoms with Gasteiger partial charge in [0.1, 0.15) is 0 Å². The van der Waals surface area contributed by atoms with Gasteiger partial charge in [-0.15, -0.1) is 0 Å². The van der Waals surface area contributed by atoms with Gasteiger partial charge in [-0.2, -0.15) is 0 Å². The molecule has 6 aromatic rings. The number of rotatable bonds is 4. The third-order valence-electron chi connectivity index (χ3n) is 6.38. The Kier molecular flexibility index (Phi) is 5.21. The van der Waals surface area contributed by atoms with Crippen LogP contribution in [0.15, 0.2) is 140 Å². The number of hydrogen-bond donors (Lipinski definition) is 0. The molecule has 0 aliphatic heterocycles. The zero-order valence-corrected chi connectivity index (χ0v) is 18.7. The van der Waals surface area contributed by atoms with Crippen molar-refractivity contribution >= 4 is 10.8 Å². The fourth-order valence-electron chi connectivity index (χ4n) is 4.48. The Balaban J connectivity index is 1.27. The average molecular weight is 434 g/mol. The van der Waals surface area contributed by atoms with Gasteiger partial charge in [-0.25, -0.2) is 0 Å². The van der Waals surface area contributed by atoms with Crippen LogP contribution in [0.25, 0.3) is 55.3 Å². The summed E-state index contributed by atoms with van der Waals surface area (Å²) in [4.78, 5) is 4.22. The molecule has 0 spiro atoms. The van der Waals surface area contributed by atoms with Crippen LogP contribution < -0.4 is 0 Å². The Morgan fingerprint density at radius 2 is 0.735 bits per heavy atom. The summed E-state index contributed by atoms with van der Waals surface area (Å²) in [5, 5.41) is 2.50. The molecule has 0 unspecified atom stereocenters. The normalized spacial score (nSPS) is 10.9. The van der Waals surface area contributed by atoms with E-state index in [0.29, 0.717) is 0 Å². The van der Waals surface area contributed by atoms with Gasteiger partial charge in [-0.1, -0.05) is 109 Å². The minimum absolute atomic E-state index is 1.14. The minimum Gasteiger partial charge on any atom is -0.264 e. The molecule has 0 amide bonds. The quantitative estimate of drug-likeness (QED) is 0.270. The van der Waals surface area contributed by atoms with Crippen LogP contribution in [-0.2, 0) is 0 Å². The second-order valence-corrected chi connectivity index (χ2v) is 8.54. The van der Waals surface area contributed by atoms with Gasteiger partial charge in [-0.3, -0.25) is 4.98 Å². The SMILES string of the molecule is c1ccc(-c2ccc(-c3ccc4cc(-c5ccc(-c6cccnc6)cc5)ccc4c3)cc2)cc1. The molecule has 0 fully saturated rings. The van der Waals surface area contributed by atoms with Crippen LogP contribution in [0.1, 0.15) is 0 Å². The van der Waals surface area contributed by atoms with E-state index in [1.165, 1.54) is 49.7 Å². The first-order chi connectivity index (χ1) is 16.8. The molecule has 0 atom stereocenters. The summed E-state index contributed by atoms with van der Waals surface area (Å²) in [5.74, 6) is 0. The molecule has 0 aliphatic carbocycles. The standard InChI is InChI=1S/C33H23N/c1-2-5-24(6-3-1)25-8-10-26(11-9-25)29-16-18-32-22-30(17-19-31(32)21-29)27-12-14-28(15-13-27)33-7-4-20-34-23-33/h1-23H. The summed E-state index contributed by atoms with van der Waals surface area (Å²) >= 11 is 0. The van der Waals surface area contributed by atoms with Gasteiger partial charge in [0.15, 0.2) is 0 Å². The van der Waals surface area contributed by atoms with Crippen molar-refractivity contribution in [1.29, 1.82) is 0 Å². The topological polar surface area (TPSA) is 12.9 Å². The highest BCUT2D eigenvalue weighted by Gasteiger charge is 2.05. The molecular weight excluding hydrogens is 410 g/mol. The second-order valence-electron chi connectivity index (χ2n) is 8.54. The third-order valence-corrected chi connectivity index (χ3v) is 6.38. The van der Waals surface area contributed by atoms with Crippen molar-refractivity contribution in [3.05, 3.63) is 140 Å². The van der Waals surface area contributed by atoms with Crippen molar-refractivity contribution < 1.29 is 0 Å². The Bertz CT molecular complexity index is 1430. The predicted molar refractivity (Wildman–Crippen MR) is 143 cm³/mol. The summed E-state index contributed by atoms with van der Waals surface area (Å²) in [6.07, 6.45) is 3.70. The van der Waals surface area contributed by atoms with E-state index < -0.39 is 0 Å². The smallest absolute Gasteiger partial charge is 0.0346 e. The molecule has 0 radical (unpaired) electrons. The molecule has 0 bridgehead atoms. The lowest BCUT2D eigenvalue weighted by Gasteiger charge is -2.09. The molecule has 6 rings (SSSR count). The van der Waals surface area contributed by atoms with Gasteiger partial charge >= 0.3 is 0 Å². The molecule has 1 nitrogen and oxygen atoms in total. The highest BCUT2D eigenvalue weighted by atomic mass is 14.6. The molecular formula is C33H23N. The molecule has 0 aliphatic rings. The highest BCUT2D eigenvalue weighted by Crippen LogP contribution is 2.31. The van der Waals surface area contributed by atoms with Crippen LogP contribution in [0.2, 0.25) is 0 Å². The summed E-state index contributed by atoms with van der Waals surface area (Å²) in [5.41, 5.74) is 9.72. The van der Waals surface area contributed by atoms with Crippen LogP contribution in [0, 0.1) is 0 Å². The maximum atomic E-state index is 4.22. The van der Waals surface area contributed by atoms with Crippen LogP contribution in [0.5, 0.6) is 0 Å². The van der Waals surface area contributed by atoms with Crippen molar-refractivity contribution in [3.63, 3.8) is 0 Å². The summed E-state index contributed by atoms with van der Waals surface area (Å²) in [6, 6.07) is 45.5. The molecule has 160 valence electrons. The van der Waals surface area contributed by atoms with Crippen molar-refractivity contribution in [2.75, 3.05) is 0 Å². The van der Waals surface area contributed by atoms with E-state index in [9.17, 15) is 0 Å². The van der Waals surface area contributed by atoms with E-state index >= 15 is 0 Å². The van der Waals surface area contributed by atoms with Crippen LogP contribution in [0.4, 0.5) is 0 Å². The molecule has 0 saturated heterocycles. The molecule has 1 heterocycles. The maximum Gasteiger partial charge on any atom is 0.0346 e. The largest absolute Gasteiger partial charge is 0.264 e. The summed E-state index contributed by atoms with van der Waals surface area (Å²) in [6.45, 7) is 0. The monoisotopic (exact) mass is 433 g/mol. The Morgan fingerprint density at radius 3 is 1.24 bits per heavy atom. The highest BCUT2D eigenvalue weighted by molar-refractivity contribution is 5.91. The summed E-state index contributed by atoms with van der Waals surface area (Å²) < 4.78 is 0. The fourth-order valence-corrected chi connectivity index (χ4v) is 4.48. The summed E-state index contributed by atoms with van der Waals surface area (Å²) in [7, 11) is 0. The van der Waals surface area contributed by atoms with E-state index in [1.807, 2.05) is 12.3 Å². The first-order valence-corrected chi connectivity index (χ1v) is 11.5. The first kappa shape index (κ1) is 20.1. The lowest BCUT2D eigenvalue weighted by Crippen LogP contribution is -1.83. The van der Waals surface area contributed by atoms with Gasteiger partial charge in [0.05, 0.1) is 0 Å². The average Bonchev–Trinajstić information content (AvgIpc) is 2.94. The third kappa shape index (κ3) is 4.00. The number of pyridine rings is 1. The minimum atomic E-state index is 1.14. The molecule has 34 heavy (non-hydrogen) atoms. The van der Waals surface area contributed by atoms with Gasteiger partial charge < -0.3 is 0 Å². The number of fused-ring (bicyclic) bond motifs is 1. The van der Waals surface area contributed by atoms with Crippen LogP contribution in [0.3, 0.4) is 0 Å². The van der Waals surface area contributed by atoms with Crippen LogP contribution >= 0.6 is 0 Å². The van der Waals surface area contributed by atoms with Gasteiger partial charge in [-0.05, 0) is 73.5 Å². The van der Waals surface area contributed by atoms with E-state index in [-0.39, 0.29) is 0 Å². The predicted octanol–water partition coefficient (Wildman–Crippen LogP) is 8.90. The Labute approximate surface area is 200 Å². The number of aromatic nitrogens is 1. The number of hydrogen-bond acceptors (Lipinski definition) is 1. The van der Waals surface area contributed by atoms with E-state index in [0.717, 1.165) is 5.56 Å². The maximum absolute atomic E-state index is 4.22. The number of nitrogens with zero attached hydrogens (tertiary/aromatic N) is 1. The molecule has 0 saturated carbocycles. The number of benzene rings is 5. The molecule has 1 aromatic heterocycles. The van der Waals surface area contributed by atoms with Crippen molar-refractivity contribution in [2.24, 2.45) is 0 Å². The lowest BCUT2D eigenvalue weighted by atomic mass is 9.96. The molecule has 1 heteroatoms. The Morgan fingerprint density at radius 1 is 0.324 bits per heavy atom. The molecule has 0 N–H and O–H groups in total. The van der Waals surface area contributed by atoms with E-state index in [2.05, 4.69) is 126 Å².